The molecule has 134 valence electrons. The van der Waals surface area contributed by atoms with Crippen molar-refractivity contribution in [3.63, 3.8) is 0 Å². The van der Waals surface area contributed by atoms with Crippen LogP contribution in [0.2, 0.25) is 5.02 Å². The maximum absolute atomic E-state index is 11.3. The average molecular weight is 372 g/mol. The number of ether oxygens (including phenoxy) is 2. The van der Waals surface area contributed by atoms with Crippen molar-refractivity contribution in [3.05, 3.63) is 28.8 Å². The molecule has 1 heterocycles. The van der Waals surface area contributed by atoms with E-state index in [9.17, 15) is 9.59 Å². The van der Waals surface area contributed by atoms with E-state index in [2.05, 4.69) is 34.8 Å². The minimum Gasteiger partial charge on any atom is -0.433 e. The SMILES string of the molecule is CCOC(=O)O/N=c1\oc2ccc(Cl)cc2nc1NOC(=O)OCC. The van der Waals surface area contributed by atoms with Gasteiger partial charge >= 0.3 is 17.9 Å². The van der Waals surface area contributed by atoms with E-state index in [1.165, 1.54) is 6.07 Å². The molecule has 0 saturated heterocycles. The first-order valence-electron chi connectivity index (χ1n) is 7.11. The molecule has 11 heteroatoms. The van der Waals surface area contributed by atoms with Crippen molar-refractivity contribution in [3.8, 4) is 0 Å². The summed E-state index contributed by atoms with van der Waals surface area (Å²) < 4.78 is 14.6. The molecule has 0 aliphatic heterocycles. The Balaban J connectivity index is 2.36. The highest BCUT2D eigenvalue weighted by Crippen LogP contribution is 2.17. The molecule has 0 bridgehead atoms. The number of aromatic nitrogens is 1. The van der Waals surface area contributed by atoms with Crippen molar-refractivity contribution in [1.82, 2.24) is 4.98 Å². The summed E-state index contributed by atoms with van der Waals surface area (Å²) in [6.45, 7) is 3.44. The number of hydrogen-bond acceptors (Lipinski definition) is 10. The molecule has 0 unspecified atom stereocenters. The summed E-state index contributed by atoms with van der Waals surface area (Å²) in [7, 11) is 0. The number of anilines is 1. The third kappa shape index (κ3) is 5.24. The van der Waals surface area contributed by atoms with Gasteiger partial charge in [-0.3, -0.25) is 4.84 Å². The van der Waals surface area contributed by atoms with Gasteiger partial charge in [0.2, 0.25) is 5.82 Å². The summed E-state index contributed by atoms with van der Waals surface area (Å²) in [5, 5.41) is 3.91. The average Bonchev–Trinajstić information content (AvgIpc) is 2.58. The molecule has 0 saturated carbocycles. The van der Waals surface area contributed by atoms with Gasteiger partial charge in [0.05, 0.1) is 13.2 Å². The number of rotatable bonds is 5. The highest BCUT2D eigenvalue weighted by Gasteiger charge is 2.11. The number of nitrogens with zero attached hydrogens (tertiary/aromatic N) is 2. The molecule has 0 aliphatic rings. The largest absolute Gasteiger partial charge is 0.535 e. The third-order valence-corrected chi connectivity index (χ3v) is 2.76. The lowest BCUT2D eigenvalue weighted by molar-refractivity contribution is 0.0545. The van der Waals surface area contributed by atoms with Gasteiger partial charge in [-0.15, -0.1) is 0 Å². The van der Waals surface area contributed by atoms with Gasteiger partial charge in [0.1, 0.15) is 5.52 Å². The van der Waals surface area contributed by atoms with Crippen molar-refractivity contribution in [2.75, 3.05) is 18.7 Å². The zero-order valence-electron chi connectivity index (χ0n) is 13.3. The Labute approximate surface area is 146 Å². The van der Waals surface area contributed by atoms with E-state index in [1.54, 1.807) is 26.0 Å². The van der Waals surface area contributed by atoms with Crippen molar-refractivity contribution >= 4 is 40.8 Å². The maximum atomic E-state index is 11.3. The predicted molar refractivity (Wildman–Crippen MR) is 84.4 cm³/mol. The monoisotopic (exact) mass is 371 g/mol. The molecule has 0 atom stereocenters. The van der Waals surface area contributed by atoms with Crippen molar-refractivity contribution in [2.45, 2.75) is 13.8 Å². The van der Waals surface area contributed by atoms with E-state index in [4.69, 9.17) is 16.0 Å². The molecule has 0 radical (unpaired) electrons. The van der Waals surface area contributed by atoms with E-state index < -0.39 is 12.3 Å². The van der Waals surface area contributed by atoms with E-state index in [0.29, 0.717) is 16.1 Å². The number of benzene rings is 1. The molecule has 0 amide bonds. The maximum Gasteiger partial charge on any atom is 0.535 e. The molecular formula is C14H14ClN3O7. The van der Waals surface area contributed by atoms with Crippen LogP contribution < -0.4 is 11.0 Å². The van der Waals surface area contributed by atoms with Gasteiger partial charge in [0.15, 0.2) is 5.58 Å². The smallest absolute Gasteiger partial charge is 0.433 e. The van der Waals surface area contributed by atoms with Crippen LogP contribution in [0.15, 0.2) is 27.8 Å². The van der Waals surface area contributed by atoms with Crippen molar-refractivity contribution in [2.24, 2.45) is 5.16 Å². The topological polar surface area (TPSA) is 121 Å². The fourth-order valence-corrected chi connectivity index (χ4v) is 1.74. The molecule has 0 spiro atoms. The molecule has 2 aromatic rings. The highest BCUT2D eigenvalue weighted by molar-refractivity contribution is 6.31. The van der Waals surface area contributed by atoms with Crippen molar-refractivity contribution < 1.29 is 33.2 Å². The number of fused-ring (bicyclic) bond motifs is 1. The van der Waals surface area contributed by atoms with E-state index in [1.807, 2.05) is 0 Å². The standard InChI is InChI=1S/C14H14ClN3O7/c1-3-21-13(19)24-17-11-12(18-25-14(20)22-4-2)23-10-6-5-8(15)7-9(10)16-11/h5-7H,3-4H2,1-2H3,(H,16,17)/b18-12-. The molecule has 2 rings (SSSR count). The number of hydrogen-bond donors (Lipinski definition) is 1. The second kappa shape index (κ2) is 8.73. The number of nitrogens with one attached hydrogen (secondary N) is 1. The second-order valence-corrected chi connectivity index (χ2v) is 4.67. The van der Waals surface area contributed by atoms with Crippen molar-refractivity contribution in [1.29, 1.82) is 0 Å². The fourth-order valence-electron chi connectivity index (χ4n) is 1.57. The van der Waals surface area contributed by atoms with Gasteiger partial charge < -0.3 is 18.7 Å². The highest BCUT2D eigenvalue weighted by atomic mass is 35.5. The summed E-state index contributed by atoms with van der Waals surface area (Å²) in [5.41, 5.74) is 2.59. The van der Waals surface area contributed by atoms with E-state index >= 15 is 0 Å². The normalized spacial score (nSPS) is 11.1. The van der Waals surface area contributed by atoms with Gasteiger partial charge in [-0.05, 0) is 37.2 Å². The minimum atomic E-state index is -1.04. The summed E-state index contributed by atoms with van der Waals surface area (Å²) in [6.07, 6.45) is -2.03. The Bertz CT molecular complexity index is 837. The van der Waals surface area contributed by atoms with E-state index in [0.717, 1.165) is 0 Å². The summed E-state index contributed by atoms with van der Waals surface area (Å²) >= 11 is 5.90. The molecule has 25 heavy (non-hydrogen) atoms. The molecule has 0 fully saturated rings. The number of halogens is 1. The first-order chi connectivity index (χ1) is 12.0. The lowest BCUT2D eigenvalue weighted by Gasteiger charge is -2.06. The van der Waals surface area contributed by atoms with Crippen LogP contribution in [0.5, 0.6) is 0 Å². The molecule has 1 aromatic heterocycles. The fraction of sp³-hybridized carbons (Fsp3) is 0.286. The Morgan fingerprint density at radius 2 is 1.96 bits per heavy atom. The first-order valence-corrected chi connectivity index (χ1v) is 7.49. The van der Waals surface area contributed by atoms with Crippen LogP contribution in [0.4, 0.5) is 15.4 Å². The quantitative estimate of drug-likeness (QED) is 0.480. The zero-order valence-corrected chi connectivity index (χ0v) is 14.0. The van der Waals surface area contributed by atoms with Crippen LogP contribution in [0, 0.1) is 0 Å². The summed E-state index contributed by atoms with van der Waals surface area (Å²) in [4.78, 5) is 35.8. The molecule has 1 aromatic carbocycles. The van der Waals surface area contributed by atoms with Crippen LogP contribution in [0.1, 0.15) is 13.8 Å². The number of carbonyl (C=O) groups is 2. The zero-order chi connectivity index (χ0) is 18.2. The Hall–Kier alpha value is -3.01. The van der Waals surface area contributed by atoms with Crippen LogP contribution in [0.25, 0.3) is 11.1 Å². The predicted octanol–water partition coefficient (Wildman–Crippen LogP) is 2.97. The van der Waals surface area contributed by atoms with Gasteiger partial charge in [0.25, 0.3) is 0 Å². The molecule has 1 N–H and O–H groups in total. The lowest BCUT2D eigenvalue weighted by Crippen LogP contribution is -2.19. The van der Waals surface area contributed by atoms with E-state index in [-0.39, 0.29) is 24.6 Å². The number of carbonyl (C=O) groups excluding carboxylic acids is 2. The Morgan fingerprint density at radius 3 is 2.68 bits per heavy atom. The van der Waals surface area contributed by atoms with Gasteiger partial charge in [0, 0.05) is 5.02 Å². The summed E-state index contributed by atoms with van der Waals surface area (Å²) in [6, 6.07) is 4.64. The van der Waals surface area contributed by atoms with Gasteiger partial charge in [-0.25, -0.2) is 14.6 Å². The molecule has 10 nitrogen and oxygen atoms in total. The van der Waals surface area contributed by atoms with Crippen LogP contribution in [-0.2, 0) is 19.1 Å². The van der Waals surface area contributed by atoms with Gasteiger partial charge in [-0.2, -0.15) is 5.48 Å². The van der Waals surface area contributed by atoms with Crippen LogP contribution in [0.3, 0.4) is 0 Å². The Kier molecular flexibility index (Phi) is 6.40. The van der Waals surface area contributed by atoms with Crippen LogP contribution >= 0.6 is 11.6 Å². The molecular weight excluding hydrogens is 358 g/mol. The third-order valence-electron chi connectivity index (χ3n) is 2.52. The molecule has 0 aliphatic carbocycles. The van der Waals surface area contributed by atoms with Gasteiger partial charge in [-0.1, -0.05) is 11.6 Å². The Morgan fingerprint density at radius 1 is 1.24 bits per heavy atom. The first kappa shape index (κ1) is 18.3. The second-order valence-electron chi connectivity index (χ2n) is 4.23. The lowest BCUT2D eigenvalue weighted by atomic mass is 10.3. The summed E-state index contributed by atoms with van der Waals surface area (Å²) in [5.74, 6) is -0.146. The minimum absolute atomic E-state index is 0.108. The van der Waals surface area contributed by atoms with Crippen LogP contribution in [-0.4, -0.2) is 30.5 Å².